The number of unbranched alkanes of at least 4 members (excludes halogenated alkanes) is 3. The second-order valence-electron chi connectivity index (χ2n) is 10.2. The van der Waals surface area contributed by atoms with Crippen LogP contribution in [0.5, 0.6) is 11.5 Å². The molecule has 31 heavy (non-hydrogen) atoms. The van der Waals surface area contributed by atoms with Gasteiger partial charge in [0.2, 0.25) is 0 Å². The van der Waals surface area contributed by atoms with Gasteiger partial charge < -0.3 is 19.1 Å². The molecule has 0 unspecified atom stereocenters. The molecule has 174 valence electrons. The Morgan fingerprint density at radius 3 is 2.61 bits per heavy atom. The molecule has 1 aromatic carbocycles. The zero-order chi connectivity index (χ0) is 22.3. The van der Waals surface area contributed by atoms with Crippen molar-refractivity contribution in [2.24, 2.45) is 0 Å². The average molecular weight is 432 g/mol. The zero-order valence-electron chi connectivity index (χ0n) is 20.0. The highest BCUT2D eigenvalue weighted by molar-refractivity contribution is 5.69. The number of piperidine rings is 1. The number of hydrogen-bond acceptors (Lipinski definition) is 5. The SMILES string of the molecule is CCCCCCOc1ccc2c(c1)OCC21CCN(CCCC(=O)OC(C)(C)C)CC1. The fourth-order valence-corrected chi connectivity index (χ4v) is 4.62. The van der Waals surface area contributed by atoms with Gasteiger partial charge in [-0.1, -0.05) is 32.3 Å². The van der Waals surface area contributed by atoms with Crippen LogP contribution >= 0.6 is 0 Å². The Balaban J connectivity index is 1.44. The molecule has 1 fully saturated rings. The van der Waals surface area contributed by atoms with E-state index in [0.29, 0.717) is 6.42 Å². The van der Waals surface area contributed by atoms with Crippen molar-refractivity contribution in [2.45, 2.75) is 90.1 Å². The van der Waals surface area contributed by atoms with Crippen LogP contribution in [0.15, 0.2) is 18.2 Å². The van der Waals surface area contributed by atoms with Gasteiger partial charge in [0, 0.05) is 23.5 Å². The van der Waals surface area contributed by atoms with E-state index in [1.54, 1.807) is 0 Å². The molecule has 2 heterocycles. The summed E-state index contributed by atoms with van der Waals surface area (Å²) in [5, 5.41) is 0. The lowest BCUT2D eigenvalue weighted by molar-refractivity contribution is -0.155. The molecule has 0 atom stereocenters. The Morgan fingerprint density at radius 1 is 1.13 bits per heavy atom. The summed E-state index contributed by atoms with van der Waals surface area (Å²) in [7, 11) is 0. The summed E-state index contributed by atoms with van der Waals surface area (Å²) in [4.78, 5) is 14.4. The summed E-state index contributed by atoms with van der Waals surface area (Å²) in [5.41, 5.74) is 1.08. The molecule has 0 saturated carbocycles. The minimum atomic E-state index is -0.398. The first-order valence-electron chi connectivity index (χ1n) is 12.2. The number of esters is 1. The van der Waals surface area contributed by atoms with Crippen LogP contribution < -0.4 is 9.47 Å². The van der Waals surface area contributed by atoms with Crippen molar-refractivity contribution in [3.63, 3.8) is 0 Å². The first kappa shape index (κ1) is 23.9. The smallest absolute Gasteiger partial charge is 0.306 e. The van der Waals surface area contributed by atoms with Crippen LogP contribution in [0.4, 0.5) is 0 Å². The molecule has 0 amide bonds. The Hall–Kier alpha value is -1.75. The molecule has 0 radical (unpaired) electrons. The van der Waals surface area contributed by atoms with Gasteiger partial charge in [0.05, 0.1) is 13.2 Å². The largest absolute Gasteiger partial charge is 0.493 e. The maximum Gasteiger partial charge on any atom is 0.306 e. The van der Waals surface area contributed by atoms with Crippen LogP contribution in [0.1, 0.15) is 84.6 Å². The van der Waals surface area contributed by atoms with E-state index in [-0.39, 0.29) is 11.4 Å². The van der Waals surface area contributed by atoms with Crippen molar-refractivity contribution in [3.05, 3.63) is 23.8 Å². The molecule has 3 rings (SSSR count). The summed E-state index contributed by atoms with van der Waals surface area (Å²) in [6.45, 7) is 12.6. The third-order valence-electron chi connectivity index (χ3n) is 6.38. The third kappa shape index (κ3) is 6.86. The fraction of sp³-hybridized carbons (Fsp3) is 0.731. The highest BCUT2D eigenvalue weighted by Crippen LogP contribution is 2.46. The molecule has 5 heteroatoms. The van der Waals surface area contributed by atoms with Gasteiger partial charge in [-0.15, -0.1) is 0 Å². The van der Waals surface area contributed by atoms with Crippen molar-refractivity contribution in [2.75, 3.05) is 32.8 Å². The average Bonchev–Trinajstić information content (AvgIpc) is 3.06. The molecule has 0 aliphatic carbocycles. The van der Waals surface area contributed by atoms with Gasteiger partial charge in [-0.25, -0.2) is 0 Å². The molecule has 0 bridgehead atoms. The fourth-order valence-electron chi connectivity index (χ4n) is 4.62. The monoisotopic (exact) mass is 431 g/mol. The molecule has 1 aromatic rings. The first-order chi connectivity index (χ1) is 14.8. The van der Waals surface area contributed by atoms with E-state index in [0.717, 1.165) is 70.0 Å². The summed E-state index contributed by atoms with van der Waals surface area (Å²) in [6, 6.07) is 6.42. The number of benzene rings is 1. The van der Waals surface area contributed by atoms with Gasteiger partial charge in [-0.3, -0.25) is 4.79 Å². The summed E-state index contributed by atoms with van der Waals surface area (Å²) < 4.78 is 17.5. The standard InChI is InChI=1S/C26H41NO4/c1-5-6-7-8-18-29-21-11-12-22-23(19-21)30-20-26(22)13-16-27(17-14-26)15-9-10-24(28)31-25(2,3)4/h11-12,19H,5-10,13-18,20H2,1-4H3. The van der Waals surface area contributed by atoms with E-state index in [1.165, 1.54) is 24.8 Å². The first-order valence-corrected chi connectivity index (χ1v) is 12.2. The number of carbonyl (C=O) groups is 1. The molecule has 0 N–H and O–H groups in total. The molecule has 2 aliphatic heterocycles. The summed E-state index contributed by atoms with van der Waals surface area (Å²) in [6.07, 6.45) is 8.41. The highest BCUT2D eigenvalue weighted by atomic mass is 16.6. The zero-order valence-corrected chi connectivity index (χ0v) is 20.0. The van der Waals surface area contributed by atoms with Gasteiger partial charge in [-0.05, 0) is 72.2 Å². The maximum absolute atomic E-state index is 11.9. The van der Waals surface area contributed by atoms with Crippen molar-refractivity contribution >= 4 is 5.97 Å². The normalized spacial score (nSPS) is 17.9. The van der Waals surface area contributed by atoms with Gasteiger partial charge in [0.15, 0.2) is 0 Å². The topological polar surface area (TPSA) is 48.0 Å². The van der Waals surface area contributed by atoms with E-state index < -0.39 is 5.60 Å². The van der Waals surface area contributed by atoms with Gasteiger partial charge in [0.1, 0.15) is 17.1 Å². The minimum absolute atomic E-state index is 0.0949. The maximum atomic E-state index is 11.9. The molecule has 5 nitrogen and oxygen atoms in total. The van der Waals surface area contributed by atoms with Crippen LogP contribution in [-0.2, 0) is 14.9 Å². The van der Waals surface area contributed by atoms with E-state index >= 15 is 0 Å². The van der Waals surface area contributed by atoms with E-state index in [2.05, 4.69) is 30.0 Å². The number of carbonyl (C=O) groups excluding carboxylic acids is 1. The second-order valence-corrected chi connectivity index (χ2v) is 10.2. The molecule has 0 aromatic heterocycles. The molecule has 1 spiro atoms. The highest BCUT2D eigenvalue weighted by Gasteiger charge is 2.43. The molecule has 2 aliphatic rings. The lowest BCUT2D eigenvalue weighted by Crippen LogP contribution is -2.44. The Kier molecular flexibility index (Phi) is 8.26. The van der Waals surface area contributed by atoms with Gasteiger partial charge >= 0.3 is 5.97 Å². The van der Waals surface area contributed by atoms with E-state index in [4.69, 9.17) is 14.2 Å². The van der Waals surface area contributed by atoms with Crippen molar-refractivity contribution < 1.29 is 19.0 Å². The van der Waals surface area contributed by atoms with Crippen molar-refractivity contribution in [1.82, 2.24) is 4.90 Å². The number of hydrogen-bond donors (Lipinski definition) is 0. The summed E-state index contributed by atoms with van der Waals surface area (Å²) in [5.74, 6) is 1.83. The lowest BCUT2D eigenvalue weighted by Gasteiger charge is -2.38. The van der Waals surface area contributed by atoms with Crippen LogP contribution in [0.25, 0.3) is 0 Å². The molecular formula is C26H41NO4. The quantitative estimate of drug-likeness (QED) is 0.362. The van der Waals surface area contributed by atoms with Crippen LogP contribution in [0, 0.1) is 0 Å². The number of rotatable bonds is 10. The lowest BCUT2D eigenvalue weighted by atomic mass is 9.74. The van der Waals surface area contributed by atoms with Crippen LogP contribution in [0.2, 0.25) is 0 Å². The van der Waals surface area contributed by atoms with Crippen molar-refractivity contribution in [1.29, 1.82) is 0 Å². The van der Waals surface area contributed by atoms with Gasteiger partial charge in [0.25, 0.3) is 0 Å². The van der Waals surface area contributed by atoms with Crippen LogP contribution in [0.3, 0.4) is 0 Å². The Labute approximate surface area is 188 Å². The molecular weight excluding hydrogens is 390 g/mol. The van der Waals surface area contributed by atoms with Crippen LogP contribution in [-0.4, -0.2) is 49.3 Å². The van der Waals surface area contributed by atoms with Crippen molar-refractivity contribution in [3.8, 4) is 11.5 Å². The van der Waals surface area contributed by atoms with E-state index in [1.807, 2.05) is 20.8 Å². The predicted octanol–water partition coefficient (Wildman–Crippen LogP) is 5.49. The number of likely N-dealkylation sites (tertiary alicyclic amines) is 1. The Bertz CT molecular complexity index is 717. The van der Waals surface area contributed by atoms with Gasteiger partial charge in [-0.2, -0.15) is 0 Å². The predicted molar refractivity (Wildman–Crippen MR) is 124 cm³/mol. The minimum Gasteiger partial charge on any atom is -0.493 e. The molecule has 1 saturated heterocycles. The number of ether oxygens (including phenoxy) is 3. The van der Waals surface area contributed by atoms with E-state index in [9.17, 15) is 4.79 Å². The number of nitrogens with zero attached hydrogens (tertiary/aromatic N) is 1. The second kappa shape index (κ2) is 10.7. The Morgan fingerprint density at radius 2 is 1.90 bits per heavy atom. The third-order valence-corrected chi connectivity index (χ3v) is 6.38. The number of fused-ring (bicyclic) bond motifs is 2. The summed E-state index contributed by atoms with van der Waals surface area (Å²) >= 11 is 0.